The summed E-state index contributed by atoms with van der Waals surface area (Å²) in [7, 11) is 0. The van der Waals surface area contributed by atoms with Gasteiger partial charge in [-0.2, -0.15) is 0 Å². The molecule has 1 rings (SSSR count). The molecule has 1 aliphatic rings. The summed E-state index contributed by atoms with van der Waals surface area (Å²) >= 11 is 4.44. The van der Waals surface area contributed by atoms with Gasteiger partial charge in [0, 0.05) is 0 Å². The lowest BCUT2D eigenvalue weighted by Gasteiger charge is -2.15. The molecular weight excluding hydrogens is 247 g/mol. The van der Waals surface area contributed by atoms with E-state index in [-0.39, 0.29) is 0 Å². The minimum Gasteiger partial charge on any atom is -0.232 e. The van der Waals surface area contributed by atoms with E-state index in [0.29, 0.717) is 0 Å². The van der Waals surface area contributed by atoms with Gasteiger partial charge in [0.1, 0.15) is 0 Å². The zero-order valence-corrected chi connectivity index (χ0v) is 13.9. The smallest absolute Gasteiger partial charge is 0.187 e. The highest BCUT2D eigenvalue weighted by Crippen LogP contribution is 2.23. The second-order valence-corrected chi connectivity index (χ2v) is 7.00. The third-order valence-corrected chi connectivity index (χ3v) is 5.02. The van der Waals surface area contributed by atoms with Gasteiger partial charge in [-0.15, -0.1) is 0 Å². The topological polar surface area (TPSA) is 0 Å². The van der Waals surface area contributed by atoms with Crippen molar-refractivity contribution in [3.05, 3.63) is 0 Å². The predicted molar refractivity (Wildman–Crippen MR) is 93.7 cm³/mol. The fourth-order valence-electron chi connectivity index (χ4n) is 3.43. The molecule has 0 aliphatic heterocycles. The van der Waals surface area contributed by atoms with Gasteiger partial charge in [-0.05, 0) is 5.92 Å². The number of rotatable bonds is 2. The SMILES string of the molecule is SBCC1CCCCCCCCCCCCCCC1. The van der Waals surface area contributed by atoms with Crippen molar-refractivity contribution < 1.29 is 0 Å². The Balaban J connectivity index is 2.19. The summed E-state index contributed by atoms with van der Waals surface area (Å²) in [6, 6.07) is 0. The van der Waals surface area contributed by atoms with Crippen LogP contribution in [0.15, 0.2) is 0 Å². The van der Waals surface area contributed by atoms with E-state index in [9.17, 15) is 0 Å². The zero-order valence-electron chi connectivity index (χ0n) is 13.0. The summed E-state index contributed by atoms with van der Waals surface area (Å²) < 4.78 is 0. The van der Waals surface area contributed by atoms with Crippen molar-refractivity contribution in [3.8, 4) is 0 Å². The normalized spacial score (nSPS) is 23.0. The summed E-state index contributed by atoms with van der Waals surface area (Å²) in [4.78, 5) is 0. The average Bonchev–Trinajstić information content (AvgIpc) is 2.41. The lowest BCUT2D eigenvalue weighted by Crippen LogP contribution is -2.02. The predicted octanol–water partition coefficient (Wildman–Crippen LogP) is 6.17. The largest absolute Gasteiger partial charge is 0.232 e. The molecule has 2 heteroatoms. The van der Waals surface area contributed by atoms with E-state index in [2.05, 4.69) is 12.5 Å². The Labute approximate surface area is 128 Å². The van der Waals surface area contributed by atoms with Crippen LogP contribution in [0.4, 0.5) is 0 Å². The van der Waals surface area contributed by atoms with E-state index < -0.39 is 0 Å². The molecule has 0 atom stereocenters. The van der Waals surface area contributed by atoms with Crippen LogP contribution in [0.1, 0.15) is 96.3 Å². The molecule has 1 fully saturated rings. The van der Waals surface area contributed by atoms with Crippen molar-refractivity contribution in [1.29, 1.82) is 0 Å². The van der Waals surface area contributed by atoms with Gasteiger partial charge in [0.2, 0.25) is 0 Å². The van der Waals surface area contributed by atoms with Crippen LogP contribution in [-0.4, -0.2) is 6.56 Å². The van der Waals surface area contributed by atoms with Gasteiger partial charge < -0.3 is 0 Å². The Bertz CT molecular complexity index is 168. The van der Waals surface area contributed by atoms with Gasteiger partial charge in [-0.25, -0.2) is 12.5 Å². The maximum Gasteiger partial charge on any atom is 0.187 e. The molecule has 0 radical (unpaired) electrons. The number of thiol groups is 1. The summed E-state index contributed by atoms with van der Waals surface area (Å²) in [6.45, 7) is 1.09. The molecule has 0 bridgehead atoms. The summed E-state index contributed by atoms with van der Waals surface area (Å²) in [5.41, 5.74) is 0. The highest BCUT2D eigenvalue weighted by molar-refractivity contribution is 8.06. The Morgan fingerprint density at radius 1 is 0.579 bits per heavy atom. The molecule has 0 unspecified atom stereocenters. The van der Waals surface area contributed by atoms with Crippen LogP contribution >= 0.6 is 12.5 Å². The molecule has 0 nitrogen and oxygen atoms in total. The lowest BCUT2D eigenvalue weighted by atomic mass is 9.82. The first-order valence-corrected chi connectivity index (χ1v) is 9.67. The highest BCUT2D eigenvalue weighted by atomic mass is 32.1. The number of hydrogen-bond donors (Lipinski definition) is 1. The first-order chi connectivity index (χ1) is 9.43. The van der Waals surface area contributed by atoms with Crippen molar-refractivity contribution in [3.63, 3.8) is 0 Å². The second kappa shape index (κ2) is 13.4. The quantitative estimate of drug-likeness (QED) is 0.454. The molecule has 0 N–H and O–H groups in total. The van der Waals surface area contributed by atoms with Crippen LogP contribution in [0, 0.1) is 5.92 Å². The minimum atomic E-state index is 0.977. The Morgan fingerprint density at radius 3 is 1.21 bits per heavy atom. The molecule has 0 heterocycles. The summed E-state index contributed by atoms with van der Waals surface area (Å²) in [6.07, 6.45) is 23.6. The van der Waals surface area contributed by atoms with E-state index in [4.69, 9.17) is 0 Å². The summed E-state index contributed by atoms with van der Waals surface area (Å²) in [5.74, 6) is 0.977. The van der Waals surface area contributed by atoms with E-state index in [0.717, 1.165) is 12.5 Å². The Morgan fingerprint density at radius 2 is 0.895 bits per heavy atom. The lowest BCUT2D eigenvalue weighted by molar-refractivity contribution is 0.426. The van der Waals surface area contributed by atoms with Gasteiger partial charge >= 0.3 is 0 Å². The van der Waals surface area contributed by atoms with Gasteiger partial charge in [0.05, 0.1) is 0 Å². The molecule has 1 saturated carbocycles. The van der Waals surface area contributed by atoms with Crippen molar-refractivity contribution >= 4 is 19.0 Å². The van der Waals surface area contributed by atoms with E-state index in [1.807, 2.05) is 0 Å². The van der Waals surface area contributed by atoms with Gasteiger partial charge in [-0.3, -0.25) is 0 Å². The molecule has 0 aromatic rings. The number of hydrogen-bond acceptors (Lipinski definition) is 1. The van der Waals surface area contributed by atoms with Crippen LogP contribution in [0.2, 0.25) is 6.32 Å². The fraction of sp³-hybridized carbons (Fsp3) is 1.00. The molecule has 19 heavy (non-hydrogen) atoms. The van der Waals surface area contributed by atoms with Gasteiger partial charge in [0.15, 0.2) is 6.56 Å². The van der Waals surface area contributed by atoms with Gasteiger partial charge in [0.25, 0.3) is 0 Å². The third-order valence-electron chi connectivity index (χ3n) is 4.76. The summed E-state index contributed by atoms with van der Waals surface area (Å²) in [5, 5.41) is 0. The van der Waals surface area contributed by atoms with Crippen molar-refractivity contribution in [2.24, 2.45) is 5.92 Å². The van der Waals surface area contributed by atoms with Crippen LogP contribution in [0.25, 0.3) is 0 Å². The molecular formula is C17H35BS. The zero-order chi connectivity index (χ0) is 13.6. The Hall–Kier alpha value is 0.415. The molecule has 112 valence electrons. The molecule has 1 aliphatic carbocycles. The van der Waals surface area contributed by atoms with Crippen LogP contribution in [-0.2, 0) is 0 Å². The maximum absolute atomic E-state index is 4.44. The molecule has 0 amide bonds. The molecule has 0 saturated heterocycles. The monoisotopic (exact) mass is 282 g/mol. The van der Waals surface area contributed by atoms with E-state index in [1.54, 1.807) is 0 Å². The highest BCUT2D eigenvalue weighted by Gasteiger charge is 2.08. The first kappa shape index (κ1) is 17.5. The minimum absolute atomic E-state index is 0.977. The maximum atomic E-state index is 4.44. The van der Waals surface area contributed by atoms with Crippen molar-refractivity contribution in [2.45, 2.75) is 103 Å². The standard InChI is InChI=1S/C17H35BS/c19-18-16-17-14-12-10-8-6-4-2-1-3-5-7-9-11-13-15-17/h17-19H,1-16H2. The third kappa shape index (κ3) is 10.8. The fourth-order valence-corrected chi connectivity index (χ4v) is 3.79. The van der Waals surface area contributed by atoms with E-state index in [1.165, 1.54) is 103 Å². The van der Waals surface area contributed by atoms with Crippen LogP contribution in [0.3, 0.4) is 0 Å². The van der Waals surface area contributed by atoms with Crippen molar-refractivity contribution in [1.82, 2.24) is 0 Å². The van der Waals surface area contributed by atoms with E-state index >= 15 is 0 Å². The van der Waals surface area contributed by atoms with Crippen LogP contribution < -0.4 is 0 Å². The molecule has 0 aromatic heterocycles. The first-order valence-electron chi connectivity index (χ1n) is 9.04. The van der Waals surface area contributed by atoms with Crippen molar-refractivity contribution in [2.75, 3.05) is 0 Å². The Kier molecular flexibility index (Phi) is 12.3. The molecule has 0 aromatic carbocycles. The second-order valence-electron chi connectivity index (χ2n) is 6.55. The van der Waals surface area contributed by atoms with Gasteiger partial charge in [-0.1, -0.05) is 103 Å². The van der Waals surface area contributed by atoms with Crippen LogP contribution in [0.5, 0.6) is 0 Å². The molecule has 0 spiro atoms. The average molecular weight is 282 g/mol.